The molecule has 0 aromatic heterocycles. The van der Waals surface area contributed by atoms with Gasteiger partial charge in [-0.3, -0.25) is 0 Å². The lowest BCUT2D eigenvalue weighted by Crippen LogP contribution is -2.29. The fraction of sp³-hybridized carbons (Fsp3) is 0.571. The largest absolute Gasteiger partial charge is 0.373 e. The van der Waals surface area contributed by atoms with Gasteiger partial charge < -0.3 is 15.5 Å². The minimum Gasteiger partial charge on any atom is -0.373 e. The molecule has 3 nitrogen and oxygen atoms in total. The number of nitrogens with two attached hydrogens (primary N) is 1. The van der Waals surface area contributed by atoms with E-state index in [1.165, 1.54) is 11.3 Å². The number of rotatable bonds is 6. The van der Waals surface area contributed by atoms with Crippen molar-refractivity contribution in [3.63, 3.8) is 0 Å². The van der Waals surface area contributed by atoms with E-state index in [1.54, 1.807) is 0 Å². The van der Waals surface area contributed by atoms with Gasteiger partial charge in [-0.1, -0.05) is 25.1 Å². The van der Waals surface area contributed by atoms with E-state index in [0.717, 1.165) is 19.5 Å². The van der Waals surface area contributed by atoms with E-state index >= 15 is 0 Å². The topological polar surface area (TPSA) is 32.5 Å². The third-order valence-corrected chi connectivity index (χ3v) is 3.07. The summed E-state index contributed by atoms with van der Waals surface area (Å²) in [4.78, 5) is 4.48. The van der Waals surface area contributed by atoms with Crippen molar-refractivity contribution in [2.45, 2.75) is 19.4 Å². The molecule has 0 saturated heterocycles. The molecule has 0 unspecified atom stereocenters. The van der Waals surface area contributed by atoms with Crippen molar-refractivity contribution in [2.24, 2.45) is 5.73 Å². The molecule has 96 valence electrons. The summed E-state index contributed by atoms with van der Waals surface area (Å²) in [6.45, 7) is 4.19. The van der Waals surface area contributed by atoms with Crippen molar-refractivity contribution < 1.29 is 0 Å². The molecule has 0 spiro atoms. The monoisotopic (exact) mass is 235 g/mol. The lowest BCUT2D eigenvalue weighted by molar-refractivity contribution is 0.416. The normalized spacial score (nSPS) is 12.8. The summed E-state index contributed by atoms with van der Waals surface area (Å²) in [5.41, 5.74) is 8.65. The molecule has 0 radical (unpaired) electrons. The average molecular weight is 235 g/mol. The standard InChI is InChI=1S/C14H25N3/c1-5-13(15)12-8-6-7-9-14(12)17(4)11-10-16(2)3/h6-9,13H,5,10-11,15H2,1-4H3/t13-/m1/s1. The maximum absolute atomic E-state index is 6.15. The summed E-state index contributed by atoms with van der Waals surface area (Å²) in [6, 6.07) is 8.56. The molecular formula is C14H25N3. The molecule has 1 aromatic rings. The van der Waals surface area contributed by atoms with E-state index in [0.29, 0.717) is 0 Å². The van der Waals surface area contributed by atoms with E-state index in [9.17, 15) is 0 Å². The van der Waals surface area contributed by atoms with Crippen molar-refractivity contribution in [2.75, 3.05) is 39.1 Å². The van der Waals surface area contributed by atoms with Crippen LogP contribution in [0.5, 0.6) is 0 Å². The van der Waals surface area contributed by atoms with Crippen LogP contribution in [0.4, 0.5) is 5.69 Å². The number of nitrogens with zero attached hydrogens (tertiary/aromatic N) is 2. The minimum atomic E-state index is 0.132. The van der Waals surface area contributed by atoms with Gasteiger partial charge in [0.25, 0.3) is 0 Å². The van der Waals surface area contributed by atoms with Gasteiger partial charge in [0.2, 0.25) is 0 Å². The van der Waals surface area contributed by atoms with E-state index in [4.69, 9.17) is 5.73 Å². The van der Waals surface area contributed by atoms with Crippen LogP contribution >= 0.6 is 0 Å². The van der Waals surface area contributed by atoms with Gasteiger partial charge >= 0.3 is 0 Å². The first kappa shape index (κ1) is 14.0. The van der Waals surface area contributed by atoms with Gasteiger partial charge in [-0.25, -0.2) is 0 Å². The number of hydrogen-bond acceptors (Lipinski definition) is 3. The lowest BCUT2D eigenvalue weighted by Gasteiger charge is -2.26. The van der Waals surface area contributed by atoms with Crippen molar-refractivity contribution in [1.82, 2.24) is 4.90 Å². The second-order valence-electron chi connectivity index (χ2n) is 4.80. The molecule has 0 bridgehead atoms. The summed E-state index contributed by atoms with van der Waals surface area (Å²) < 4.78 is 0. The number of para-hydroxylation sites is 1. The Kier molecular flexibility index (Phi) is 5.45. The van der Waals surface area contributed by atoms with Crippen LogP contribution in [0.25, 0.3) is 0 Å². The van der Waals surface area contributed by atoms with Crippen LogP contribution in [0.15, 0.2) is 24.3 Å². The molecule has 17 heavy (non-hydrogen) atoms. The van der Waals surface area contributed by atoms with Crippen molar-refractivity contribution >= 4 is 5.69 Å². The number of likely N-dealkylation sites (N-methyl/N-ethyl adjacent to an activating group) is 2. The molecule has 1 rings (SSSR count). The Balaban J connectivity index is 2.81. The Labute approximate surface area is 105 Å². The summed E-state index contributed by atoms with van der Waals surface area (Å²) in [5, 5.41) is 0. The first-order chi connectivity index (χ1) is 8.06. The predicted molar refractivity (Wildman–Crippen MR) is 75.5 cm³/mol. The van der Waals surface area contributed by atoms with E-state index < -0.39 is 0 Å². The average Bonchev–Trinajstić information content (AvgIpc) is 2.34. The van der Waals surface area contributed by atoms with Crippen LogP contribution in [0, 0.1) is 0 Å². The van der Waals surface area contributed by atoms with Crippen LogP contribution in [0.2, 0.25) is 0 Å². The van der Waals surface area contributed by atoms with Crippen LogP contribution < -0.4 is 10.6 Å². The van der Waals surface area contributed by atoms with Crippen LogP contribution in [0.3, 0.4) is 0 Å². The first-order valence-corrected chi connectivity index (χ1v) is 6.26. The summed E-state index contributed by atoms with van der Waals surface area (Å²) >= 11 is 0. The highest BCUT2D eigenvalue weighted by Crippen LogP contribution is 2.25. The molecule has 0 heterocycles. The Bertz CT molecular complexity index is 336. The molecule has 0 amide bonds. The quantitative estimate of drug-likeness (QED) is 0.819. The highest BCUT2D eigenvalue weighted by atomic mass is 15.2. The fourth-order valence-corrected chi connectivity index (χ4v) is 1.84. The molecule has 0 aliphatic carbocycles. The summed E-state index contributed by atoms with van der Waals surface area (Å²) in [7, 11) is 6.32. The smallest absolute Gasteiger partial charge is 0.0412 e. The van der Waals surface area contributed by atoms with Gasteiger partial charge in [0.1, 0.15) is 0 Å². The Morgan fingerprint density at radius 3 is 2.35 bits per heavy atom. The highest BCUT2D eigenvalue weighted by Gasteiger charge is 2.11. The maximum Gasteiger partial charge on any atom is 0.0412 e. The molecule has 1 atom stereocenters. The SMILES string of the molecule is CC[C@@H](N)c1ccccc1N(C)CCN(C)C. The van der Waals surface area contributed by atoms with Gasteiger partial charge in [-0.2, -0.15) is 0 Å². The number of hydrogen-bond donors (Lipinski definition) is 1. The van der Waals surface area contributed by atoms with Crippen LogP contribution in [0.1, 0.15) is 24.9 Å². The van der Waals surface area contributed by atoms with E-state index in [1.807, 2.05) is 0 Å². The first-order valence-electron chi connectivity index (χ1n) is 6.26. The van der Waals surface area contributed by atoms with E-state index in [-0.39, 0.29) is 6.04 Å². The molecule has 0 aliphatic rings. The summed E-state index contributed by atoms with van der Waals surface area (Å²) in [6.07, 6.45) is 0.971. The molecule has 0 fully saturated rings. The molecule has 3 heteroatoms. The van der Waals surface area contributed by atoms with Crippen LogP contribution in [-0.2, 0) is 0 Å². The Morgan fingerprint density at radius 1 is 1.12 bits per heavy atom. The van der Waals surface area contributed by atoms with Crippen molar-refractivity contribution in [3.05, 3.63) is 29.8 Å². The molecule has 0 saturated carbocycles. The zero-order valence-electron chi connectivity index (χ0n) is 11.5. The van der Waals surface area contributed by atoms with Gasteiger partial charge in [0, 0.05) is 31.9 Å². The molecule has 2 N–H and O–H groups in total. The van der Waals surface area contributed by atoms with Crippen molar-refractivity contribution in [3.8, 4) is 0 Å². The fourth-order valence-electron chi connectivity index (χ4n) is 1.84. The van der Waals surface area contributed by atoms with Gasteiger partial charge in [-0.15, -0.1) is 0 Å². The highest BCUT2D eigenvalue weighted by molar-refractivity contribution is 5.54. The number of benzene rings is 1. The third kappa shape index (κ3) is 4.02. The molecule has 0 aliphatic heterocycles. The molecule has 1 aromatic carbocycles. The zero-order valence-corrected chi connectivity index (χ0v) is 11.5. The van der Waals surface area contributed by atoms with Crippen LogP contribution in [-0.4, -0.2) is 39.1 Å². The zero-order chi connectivity index (χ0) is 12.8. The Hall–Kier alpha value is -1.06. The van der Waals surface area contributed by atoms with Gasteiger partial charge in [-0.05, 0) is 32.1 Å². The minimum absolute atomic E-state index is 0.132. The molecular weight excluding hydrogens is 210 g/mol. The Morgan fingerprint density at radius 2 is 1.76 bits per heavy atom. The third-order valence-electron chi connectivity index (χ3n) is 3.07. The van der Waals surface area contributed by atoms with Crippen molar-refractivity contribution in [1.29, 1.82) is 0 Å². The van der Waals surface area contributed by atoms with Gasteiger partial charge in [0.15, 0.2) is 0 Å². The van der Waals surface area contributed by atoms with Gasteiger partial charge in [0.05, 0.1) is 0 Å². The second-order valence-corrected chi connectivity index (χ2v) is 4.80. The predicted octanol–water partition coefficient (Wildman–Crippen LogP) is 2.09. The lowest BCUT2D eigenvalue weighted by atomic mass is 10.0. The number of anilines is 1. The maximum atomic E-state index is 6.15. The summed E-state index contributed by atoms with van der Waals surface area (Å²) in [5.74, 6) is 0. The van der Waals surface area contributed by atoms with E-state index in [2.05, 4.69) is 62.1 Å². The second kappa shape index (κ2) is 6.62.